The predicted molar refractivity (Wildman–Crippen MR) is 71.8 cm³/mol. The van der Waals surface area contributed by atoms with Gasteiger partial charge in [-0.25, -0.2) is 0 Å². The minimum atomic E-state index is 1.24. The van der Waals surface area contributed by atoms with Crippen LogP contribution in [-0.2, 0) is 6.42 Å². The Morgan fingerprint density at radius 1 is 1.00 bits per heavy atom. The van der Waals surface area contributed by atoms with Crippen LogP contribution in [0, 0.1) is 19.9 Å². The first-order chi connectivity index (χ1) is 7.75. The molecule has 0 aromatic heterocycles. The average Bonchev–Trinajstić information content (AvgIpc) is 2.29. The molecule has 0 heteroatoms. The first-order valence-corrected chi connectivity index (χ1v) is 6.72. The molecule has 0 N–H and O–H groups in total. The van der Waals surface area contributed by atoms with Gasteiger partial charge in [-0.15, -0.1) is 0 Å². The average molecular weight is 217 g/mol. The van der Waals surface area contributed by atoms with Crippen LogP contribution in [0.4, 0.5) is 0 Å². The van der Waals surface area contributed by atoms with Gasteiger partial charge in [0.2, 0.25) is 0 Å². The van der Waals surface area contributed by atoms with Crippen molar-refractivity contribution in [3.05, 3.63) is 34.9 Å². The van der Waals surface area contributed by atoms with Gasteiger partial charge in [-0.2, -0.15) is 0 Å². The number of benzene rings is 1. The molecule has 0 atom stereocenters. The Labute approximate surface area is 101 Å². The van der Waals surface area contributed by atoms with E-state index in [1.165, 1.54) is 61.6 Å². The van der Waals surface area contributed by atoms with Gasteiger partial charge in [0.25, 0.3) is 0 Å². The lowest BCUT2D eigenvalue weighted by atomic mass is 9.98. The van der Waals surface area contributed by atoms with Crippen LogP contribution in [0.15, 0.2) is 12.1 Å². The number of aryl methyl sites for hydroxylation is 2. The molecule has 0 nitrogen and oxygen atoms in total. The van der Waals surface area contributed by atoms with Gasteiger partial charge in [0.15, 0.2) is 0 Å². The van der Waals surface area contributed by atoms with Crippen LogP contribution in [0.1, 0.15) is 62.1 Å². The molecule has 0 saturated heterocycles. The maximum Gasteiger partial charge on any atom is -0.0149 e. The molecule has 1 radical (unpaired) electrons. The second kappa shape index (κ2) is 7.49. The van der Waals surface area contributed by atoms with Gasteiger partial charge in [0.05, 0.1) is 0 Å². The second-order valence-corrected chi connectivity index (χ2v) is 4.77. The summed E-state index contributed by atoms with van der Waals surface area (Å²) in [5, 5.41) is 0. The highest BCUT2D eigenvalue weighted by Crippen LogP contribution is 2.15. The van der Waals surface area contributed by atoms with Crippen LogP contribution in [0.5, 0.6) is 0 Å². The SMILES string of the molecule is CCCCCCCCc1cc[c]c(C)c1C. The molecule has 0 fully saturated rings. The molecule has 0 bridgehead atoms. The number of hydrogen-bond donors (Lipinski definition) is 0. The van der Waals surface area contributed by atoms with Crippen molar-refractivity contribution >= 4 is 0 Å². The summed E-state index contributed by atoms with van der Waals surface area (Å²) in [5.74, 6) is 0. The molecule has 0 aliphatic rings. The van der Waals surface area contributed by atoms with Gasteiger partial charge in [0, 0.05) is 0 Å². The minimum Gasteiger partial charge on any atom is -0.0654 e. The second-order valence-electron chi connectivity index (χ2n) is 4.77. The summed E-state index contributed by atoms with van der Waals surface area (Å²) in [5.41, 5.74) is 4.27. The van der Waals surface area contributed by atoms with Crippen molar-refractivity contribution < 1.29 is 0 Å². The number of rotatable bonds is 7. The quantitative estimate of drug-likeness (QED) is 0.563. The number of hydrogen-bond acceptors (Lipinski definition) is 0. The standard InChI is InChI=1S/C16H25/c1-4-5-6-7-8-9-12-16-13-10-11-14(2)15(16)3/h10,13H,4-9,12H2,1-3H3. The van der Waals surface area contributed by atoms with E-state index in [1.54, 1.807) is 0 Å². The van der Waals surface area contributed by atoms with E-state index in [-0.39, 0.29) is 0 Å². The third-order valence-electron chi connectivity index (χ3n) is 3.43. The molecule has 0 saturated carbocycles. The van der Waals surface area contributed by atoms with Crippen molar-refractivity contribution in [1.82, 2.24) is 0 Å². The minimum absolute atomic E-state index is 1.24. The molecule has 0 spiro atoms. The summed E-state index contributed by atoms with van der Waals surface area (Å²) in [4.78, 5) is 0. The van der Waals surface area contributed by atoms with E-state index in [0.717, 1.165) is 0 Å². The van der Waals surface area contributed by atoms with Crippen LogP contribution in [0.25, 0.3) is 0 Å². The van der Waals surface area contributed by atoms with Gasteiger partial charge in [-0.3, -0.25) is 0 Å². The van der Waals surface area contributed by atoms with Crippen molar-refractivity contribution in [3.8, 4) is 0 Å². The lowest BCUT2D eigenvalue weighted by Gasteiger charge is -2.07. The fourth-order valence-electron chi connectivity index (χ4n) is 2.11. The third kappa shape index (κ3) is 4.38. The fourth-order valence-corrected chi connectivity index (χ4v) is 2.11. The fraction of sp³-hybridized carbons (Fsp3) is 0.625. The number of unbranched alkanes of at least 4 members (excludes halogenated alkanes) is 5. The molecule has 0 aliphatic heterocycles. The summed E-state index contributed by atoms with van der Waals surface area (Å²) < 4.78 is 0. The lowest BCUT2D eigenvalue weighted by molar-refractivity contribution is 0.607. The van der Waals surface area contributed by atoms with Crippen molar-refractivity contribution in [1.29, 1.82) is 0 Å². The first kappa shape index (κ1) is 13.3. The maximum absolute atomic E-state index is 3.26. The highest BCUT2D eigenvalue weighted by atomic mass is 14.1. The molecule has 0 aliphatic carbocycles. The Bertz CT molecular complexity index is 299. The molecule has 0 unspecified atom stereocenters. The van der Waals surface area contributed by atoms with Gasteiger partial charge in [-0.1, -0.05) is 51.2 Å². The molecule has 1 rings (SSSR count). The molecule has 0 heterocycles. The zero-order valence-electron chi connectivity index (χ0n) is 11.1. The van der Waals surface area contributed by atoms with Crippen molar-refractivity contribution in [3.63, 3.8) is 0 Å². The summed E-state index contributed by atoms with van der Waals surface area (Å²) >= 11 is 0. The van der Waals surface area contributed by atoms with Crippen LogP contribution >= 0.6 is 0 Å². The molecule has 0 amide bonds. The van der Waals surface area contributed by atoms with Crippen molar-refractivity contribution in [2.24, 2.45) is 0 Å². The van der Waals surface area contributed by atoms with E-state index in [1.807, 2.05) is 0 Å². The largest absolute Gasteiger partial charge is 0.0654 e. The smallest absolute Gasteiger partial charge is 0.0149 e. The van der Waals surface area contributed by atoms with E-state index in [9.17, 15) is 0 Å². The van der Waals surface area contributed by atoms with E-state index in [0.29, 0.717) is 0 Å². The van der Waals surface area contributed by atoms with Crippen LogP contribution in [0.2, 0.25) is 0 Å². The first-order valence-electron chi connectivity index (χ1n) is 6.72. The van der Waals surface area contributed by atoms with Crippen LogP contribution in [0.3, 0.4) is 0 Å². The van der Waals surface area contributed by atoms with Crippen LogP contribution in [-0.4, -0.2) is 0 Å². The Morgan fingerprint density at radius 3 is 2.44 bits per heavy atom. The highest BCUT2D eigenvalue weighted by Gasteiger charge is 2.00. The third-order valence-corrected chi connectivity index (χ3v) is 3.43. The Hall–Kier alpha value is -0.780. The van der Waals surface area contributed by atoms with Gasteiger partial charge in [-0.05, 0) is 49.4 Å². The summed E-state index contributed by atoms with van der Waals surface area (Å²) in [7, 11) is 0. The maximum atomic E-state index is 3.26. The van der Waals surface area contributed by atoms with Crippen molar-refractivity contribution in [2.75, 3.05) is 0 Å². The highest BCUT2D eigenvalue weighted by molar-refractivity contribution is 5.32. The van der Waals surface area contributed by atoms with E-state index in [4.69, 9.17) is 0 Å². The summed E-state index contributed by atoms with van der Waals surface area (Å²) in [6.45, 7) is 6.64. The molecular formula is C16H25. The Balaban J connectivity index is 2.24. The Kier molecular flexibility index (Phi) is 6.22. The monoisotopic (exact) mass is 217 g/mol. The summed E-state index contributed by atoms with van der Waals surface area (Å²) in [6, 6.07) is 7.55. The predicted octanol–water partition coefficient (Wildman–Crippen LogP) is 5.01. The van der Waals surface area contributed by atoms with Crippen LogP contribution < -0.4 is 0 Å². The van der Waals surface area contributed by atoms with Crippen molar-refractivity contribution in [2.45, 2.75) is 65.7 Å². The topological polar surface area (TPSA) is 0 Å². The van der Waals surface area contributed by atoms with Gasteiger partial charge >= 0.3 is 0 Å². The zero-order chi connectivity index (χ0) is 11.8. The molecule has 89 valence electrons. The normalized spacial score (nSPS) is 10.7. The van der Waals surface area contributed by atoms with Gasteiger partial charge < -0.3 is 0 Å². The molecule has 1 aromatic rings. The molecule has 1 aromatic carbocycles. The molecular weight excluding hydrogens is 192 g/mol. The summed E-state index contributed by atoms with van der Waals surface area (Å²) in [6.07, 6.45) is 9.53. The zero-order valence-corrected chi connectivity index (χ0v) is 11.1. The Morgan fingerprint density at radius 2 is 1.69 bits per heavy atom. The van der Waals surface area contributed by atoms with E-state index >= 15 is 0 Å². The lowest BCUT2D eigenvalue weighted by Crippen LogP contribution is -1.92. The van der Waals surface area contributed by atoms with Gasteiger partial charge in [0.1, 0.15) is 0 Å². The van der Waals surface area contributed by atoms with E-state index < -0.39 is 0 Å². The van der Waals surface area contributed by atoms with E-state index in [2.05, 4.69) is 39.0 Å². The molecule has 16 heavy (non-hydrogen) atoms.